The van der Waals surface area contributed by atoms with Crippen LogP contribution in [-0.4, -0.2) is 52.5 Å². The molecule has 0 saturated carbocycles. The molecule has 4 aromatic rings. The number of anilines is 1. The third-order valence-corrected chi connectivity index (χ3v) is 5.55. The van der Waals surface area contributed by atoms with Crippen LogP contribution in [0.4, 0.5) is 5.69 Å². The van der Waals surface area contributed by atoms with E-state index in [0.717, 1.165) is 43.7 Å². The van der Waals surface area contributed by atoms with Crippen molar-refractivity contribution >= 4 is 34.0 Å². The largest absolute Gasteiger partial charge is 0.422 e. The Bertz CT molecular complexity index is 1270. The molecule has 1 fully saturated rings. The van der Waals surface area contributed by atoms with Crippen molar-refractivity contribution in [2.45, 2.75) is 6.42 Å². The van der Waals surface area contributed by atoms with Gasteiger partial charge in [0.1, 0.15) is 5.58 Å². The minimum atomic E-state index is -0.417. The van der Waals surface area contributed by atoms with Crippen molar-refractivity contribution in [2.24, 2.45) is 0 Å². The van der Waals surface area contributed by atoms with Crippen LogP contribution in [0.2, 0.25) is 5.02 Å². The van der Waals surface area contributed by atoms with Gasteiger partial charge in [0.25, 0.3) is 0 Å². The van der Waals surface area contributed by atoms with Crippen molar-refractivity contribution in [2.75, 3.05) is 38.1 Å². The molecule has 3 aromatic heterocycles. The smallest absolute Gasteiger partial charge is 0.345 e. The predicted octanol–water partition coefficient (Wildman–Crippen LogP) is 3.30. The standard InChI is InChI=1S/C21H20ClN5O2/c1-25-5-2-6-26(8-7-25)16-4-3-14-9-17(20(28)29-19(14)10-16)18-13-27-12-15(22)11-23-21(27)24-18/h3-4,9-13H,2,5-8H2,1H3. The molecule has 0 N–H and O–H groups in total. The summed E-state index contributed by atoms with van der Waals surface area (Å²) in [5, 5.41) is 1.36. The van der Waals surface area contributed by atoms with Crippen LogP contribution in [0, 0.1) is 0 Å². The summed E-state index contributed by atoms with van der Waals surface area (Å²) in [6, 6.07) is 7.86. The highest BCUT2D eigenvalue weighted by Crippen LogP contribution is 2.26. The molecule has 1 aliphatic heterocycles. The van der Waals surface area contributed by atoms with Gasteiger partial charge in [0, 0.05) is 49.2 Å². The fourth-order valence-electron chi connectivity index (χ4n) is 3.77. The topological polar surface area (TPSA) is 66.9 Å². The molecule has 0 spiro atoms. The molecule has 0 unspecified atom stereocenters. The van der Waals surface area contributed by atoms with Crippen LogP contribution >= 0.6 is 11.6 Å². The van der Waals surface area contributed by atoms with Crippen LogP contribution in [-0.2, 0) is 0 Å². The quantitative estimate of drug-likeness (QED) is 0.473. The van der Waals surface area contributed by atoms with Gasteiger partial charge >= 0.3 is 5.63 Å². The molecule has 0 bridgehead atoms. The number of rotatable bonds is 2. The number of hydrogen-bond donors (Lipinski definition) is 0. The number of aromatic nitrogens is 3. The van der Waals surface area contributed by atoms with E-state index in [2.05, 4.69) is 32.9 Å². The Kier molecular flexibility index (Phi) is 4.49. The summed E-state index contributed by atoms with van der Waals surface area (Å²) in [7, 11) is 2.15. The average molecular weight is 410 g/mol. The number of nitrogens with zero attached hydrogens (tertiary/aromatic N) is 5. The Balaban J connectivity index is 1.53. The summed E-state index contributed by atoms with van der Waals surface area (Å²) in [6.45, 7) is 4.07. The normalized spacial score (nSPS) is 15.9. The first-order valence-electron chi connectivity index (χ1n) is 9.59. The monoisotopic (exact) mass is 409 g/mol. The molecule has 4 heterocycles. The van der Waals surface area contributed by atoms with E-state index in [1.165, 1.54) is 6.20 Å². The van der Waals surface area contributed by atoms with Crippen LogP contribution < -0.4 is 10.5 Å². The van der Waals surface area contributed by atoms with Crippen LogP contribution in [0.1, 0.15) is 6.42 Å². The van der Waals surface area contributed by atoms with Crippen molar-refractivity contribution in [3.05, 3.63) is 58.3 Å². The molecule has 29 heavy (non-hydrogen) atoms. The molecule has 0 aliphatic carbocycles. The van der Waals surface area contributed by atoms with Gasteiger partial charge in [0.15, 0.2) is 0 Å². The maximum atomic E-state index is 12.7. The average Bonchev–Trinajstić information content (AvgIpc) is 2.99. The van der Waals surface area contributed by atoms with Crippen molar-refractivity contribution in [1.29, 1.82) is 0 Å². The van der Waals surface area contributed by atoms with Crippen LogP contribution in [0.25, 0.3) is 28.0 Å². The maximum Gasteiger partial charge on any atom is 0.345 e. The Morgan fingerprint density at radius 1 is 1.10 bits per heavy atom. The molecular formula is C21H20ClN5O2. The van der Waals surface area contributed by atoms with E-state index in [-0.39, 0.29) is 0 Å². The fourth-order valence-corrected chi connectivity index (χ4v) is 3.92. The molecule has 0 amide bonds. The van der Waals surface area contributed by atoms with Crippen molar-refractivity contribution in [1.82, 2.24) is 19.3 Å². The van der Waals surface area contributed by atoms with Crippen LogP contribution in [0.15, 0.2) is 52.1 Å². The van der Waals surface area contributed by atoms with Gasteiger partial charge in [0.05, 0.1) is 22.5 Å². The zero-order valence-corrected chi connectivity index (χ0v) is 16.8. The van der Waals surface area contributed by atoms with Crippen molar-refractivity contribution < 1.29 is 4.42 Å². The van der Waals surface area contributed by atoms with Crippen molar-refractivity contribution in [3.63, 3.8) is 0 Å². The summed E-state index contributed by atoms with van der Waals surface area (Å²) in [5.74, 6) is 0.477. The first-order valence-corrected chi connectivity index (χ1v) is 9.97. The van der Waals surface area contributed by atoms with E-state index in [4.69, 9.17) is 16.0 Å². The highest BCUT2D eigenvalue weighted by atomic mass is 35.5. The second-order valence-electron chi connectivity index (χ2n) is 7.42. The summed E-state index contributed by atoms with van der Waals surface area (Å²) < 4.78 is 7.36. The van der Waals surface area contributed by atoms with Gasteiger partial charge in [-0.2, -0.15) is 0 Å². The van der Waals surface area contributed by atoms with Gasteiger partial charge in [-0.3, -0.25) is 4.40 Å². The Morgan fingerprint density at radius 3 is 2.90 bits per heavy atom. The first kappa shape index (κ1) is 18.1. The molecule has 7 nitrogen and oxygen atoms in total. The van der Waals surface area contributed by atoms with E-state index in [1.807, 2.05) is 18.2 Å². The summed E-state index contributed by atoms with van der Waals surface area (Å²) in [5.41, 5.74) is 2.16. The molecule has 1 aromatic carbocycles. The molecule has 8 heteroatoms. The zero-order chi connectivity index (χ0) is 20.0. The predicted molar refractivity (Wildman–Crippen MR) is 114 cm³/mol. The minimum Gasteiger partial charge on any atom is -0.422 e. The highest BCUT2D eigenvalue weighted by molar-refractivity contribution is 6.30. The number of halogens is 1. The number of fused-ring (bicyclic) bond motifs is 2. The fraction of sp³-hybridized carbons (Fsp3) is 0.286. The van der Waals surface area contributed by atoms with Crippen molar-refractivity contribution in [3.8, 4) is 11.3 Å². The third-order valence-electron chi connectivity index (χ3n) is 5.36. The van der Waals surface area contributed by atoms with E-state index in [9.17, 15) is 4.79 Å². The molecule has 1 saturated heterocycles. The van der Waals surface area contributed by atoms with Gasteiger partial charge in [-0.1, -0.05) is 11.6 Å². The second kappa shape index (κ2) is 7.17. The molecule has 1 aliphatic rings. The SMILES string of the molecule is CN1CCCN(c2ccc3cc(-c4cn5cc(Cl)cnc5n4)c(=O)oc3c2)CC1. The van der Waals surface area contributed by atoms with Gasteiger partial charge < -0.3 is 14.2 Å². The Hall–Kier alpha value is -2.90. The highest BCUT2D eigenvalue weighted by Gasteiger charge is 2.16. The van der Waals surface area contributed by atoms with Gasteiger partial charge in [-0.25, -0.2) is 14.8 Å². The van der Waals surface area contributed by atoms with Crippen LogP contribution in [0.3, 0.4) is 0 Å². The summed E-state index contributed by atoms with van der Waals surface area (Å²) in [4.78, 5) is 26.0. The second-order valence-corrected chi connectivity index (χ2v) is 7.86. The summed E-state index contributed by atoms with van der Waals surface area (Å²) >= 11 is 5.98. The number of likely N-dealkylation sites (N-methyl/N-ethyl adjacent to an activating group) is 1. The minimum absolute atomic E-state index is 0.406. The van der Waals surface area contributed by atoms with Crippen LogP contribution in [0.5, 0.6) is 0 Å². The number of benzene rings is 1. The number of hydrogen-bond acceptors (Lipinski definition) is 6. The Labute approximate surface area is 172 Å². The molecular weight excluding hydrogens is 390 g/mol. The van der Waals surface area contributed by atoms with E-state index in [1.54, 1.807) is 16.8 Å². The van der Waals surface area contributed by atoms with Gasteiger partial charge in [-0.15, -0.1) is 0 Å². The lowest BCUT2D eigenvalue weighted by molar-refractivity contribution is 0.360. The van der Waals surface area contributed by atoms with Gasteiger partial charge in [0.2, 0.25) is 5.78 Å². The number of imidazole rings is 1. The molecule has 0 atom stereocenters. The van der Waals surface area contributed by atoms with E-state index in [0.29, 0.717) is 27.6 Å². The lowest BCUT2D eigenvalue weighted by atomic mass is 10.1. The lowest BCUT2D eigenvalue weighted by Gasteiger charge is -2.22. The third kappa shape index (κ3) is 3.47. The maximum absolute atomic E-state index is 12.7. The van der Waals surface area contributed by atoms with Gasteiger partial charge in [-0.05, 0) is 38.2 Å². The van der Waals surface area contributed by atoms with E-state index < -0.39 is 5.63 Å². The molecule has 148 valence electrons. The molecule has 0 radical (unpaired) electrons. The van der Waals surface area contributed by atoms with E-state index >= 15 is 0 Å². The first-order chi connectivity index (χ1) is 14.1. The Morgan fingerprint density at radius 2 is 2.00 bits per heavy atom. The summed E-state index contributed by atoms with van der Waals surface area (Å²) in [6.07, 6.45) is 6.07. The lowest BCUT2D eigenvalue weighted by Crippen LogP contribution is -2.28. The zero-order valence-electron chi connectivity index (χ0n) is 16.0. The molecule has 5 rings (SSSR count).